The van der Waals surface area contributed by atoms with Crippen molar-refractivity contribution in [3.05, 3.63) is 47.0 Å². The van der Waals surface area contributed by atoms with Crippen molar-refractivity contribution in [2.24, 2.45) is 4.99 Å². The second kappa shape index (κ2) is 8.51. The van der Waals surface area contributed by atoms with Crippen LogP contribution in [-0.2, 0) is 31.0 Å². The number of halogens is 3. The second-order valence-corrected chi connectivity index (χ2v) is 8.50. The minimum atomic E-state index is -4.33. The number of aromatic nitrogens is 3. The topological polar surface area (TPSA) is 67.1 Å². The first-order valence-corrected chi connectivity index (χ1v) is 10.9. The number of guanidine groups is 1. The summed E-state index contributed by atoms with van der Waals surface area (Å²) in [6, 6.07) is 5.93. The highest BCUT2D eigenvalue weighted by Crippen LogP contribution is 2.44. The van der Waals surface area contributed by atoms with E-state index in [0.717, 1.165) is 68.3 Å². The van der Waals surface area contributed by atoms with Crippen molar-refractivity contribution in [3.63, 3.8) is 0 Å². The van der Waals surface area contributed by atoms with E-state index in [1.54, 1.807) is 7.05 Å². The Balaban J connectivity index is 1.40. The van der Waals surface area contributed by atoms with Gasteiger partial charge in [0.2, 0.25) is 0 Å². The van der Waals surface area contributed by atoms with Gasteiger partial charge in [0, 0.05) is 37.9 Å². The summed E-state index contributed by atoms with van der Waals surface area (Å²) in [4.78, 5) is 8.89. The molecule has 2 aliphatic rings. The Morgan fingerprint density at radius 1 is 1.32 bits per heavy atom. The van der Waals surface area contributed by atoms with Crippen molar-refractivity contribution >= 4 is 5.96 Å². The average Bonchev–Trinajstić information content (AvgIpc) is 3.14. The molecule has 31 heavy (non-hydrogen) atoms. The minimum absolute atomic E-state index is 0.177. The van der Waals surface area contributed by atoms with Crippen LogP contribution in [0.25, 0.3) is 0 Å². The number of alkyl halides is 3. The Bertz CT molecular complexity index is 945. The van der Waals surface area contributed by atoms with Gasteiger partial charge in [-0.3, -0.25) is 4.99 Å². The van der Waals surface area contributed by atoms with Crippen molar-refractivity contribution in [2.75, 3.05) is 13.6 Å². The Hall–Kier alpha value is -2.58. The van der Waals surface area contributed by atoms with Crippen LogP contribution < -0.4 is 10.6 Å². The lowest BCUT2D eigenvalue weighted by molar-refractivity contribution is -0.137. The molecule has 1 atom stereocenters. The molecule has 1 aliphatic carbocycles. The van der Waals surface area contributed by atoms with Crippen LogP contribution in [-0.4, -0.2) is 40.4 Å². The van der Waals surface area contributed by atoms with Crippen molar-refractivity contribution in [2.45, 2.75) is 69.6 Å². The van der Waals surface area contributed by atoms with E-state index in [0.29, 0.717) is 12.5 Å². The minimum Gasteiger partial charge on any atom is -0.356 e. The van der Waals surface area contributed by atoms with E-state index in [1.165, 1.54) is 12.1 Å². The van der Waals surface area contributed by atoms with Gasteiger partial charge in [0.15, 0.2) is 11.8 Å². The quantitative estimate of drug-likeness (QED) is 0.559. The SMILES string of the molecule is CCc1nc2n(n1)CC(NC(=NC)NCC1(c3cccc(C(F)(F)F)c3)CCC1)CC2. The van der Waals surface area contributed by atoms with E-state index in [9.17, 15) is 13.2 Å². The van der Waals surface area contributed by atoms with Crippen LogP contribution in [0.1, 0.15) is 55.4 Å². The number of hydrogen-bond acceptors (Lipinski definition) is 3. The van der Waals surface area contributed by atoms with Crippen LogP contribution in [0.3, 0.4) is 0 Å². The zero-order chi connectivity index (χ0) is 22.1. The molecule has 4 rings (SSSR count). The van der Waals surface area contributed by atoms with Gasteiger partial charge in [-0.2, -0.15) is 18.3 Å². The summed E-state index contributed by atoms with van der Waals surface area (Å²) in [5.41, 5.74) is -0.134. The van der Waals surface area contributed by atoms with Gasteiger partial charge >= 0.3 is 6.18 Å². The summed E-state index contributed by atoms with van der Waals surface area (Å²) < 4.78 is 41.5. The Morgan fingerprint density at radius 2 is 2.13 bits per heavy atom. The summed E-state index contributed by atoms with van der Waals surface area (Å²) in [5, 5.41) is 11.4. The number of benzene rings is 1. The van der Waals surface area contributed by atoms with Gasteiger partial charge in [0.25, 0.3) is 0 Å². The highest BCUT2D eigenvalue weighted by atomic mass is 19.4. The number of fused-ring (bicyclic) bond motifs is 1. The molecule has 0 saturated heterocycles. The largest absolute Gasteiger partial charge is 0.416 e. The van der Waals surface area contributed by atoms with Crippen LogP contribution >= 0.6 is 0 Å². The van der Waals surface area contributed by atoms with Crippen LogP contribution in [0, 0.1) is 0 Å². The zero-order valence-corrected chi connectivity index (χ0v) is 18.0. The second-order valence-electron chi connectivity index (χ2n) is 8.50. The van der Waals surface area contributed by atoms with Crippen LogP contribution in [0.15, 0.2) is 29.3 Å². The number of nitrogens with one attached hydrogen (secondary N) is 2. The molecule has 2 heterocycles. The number of rotatable bonds is 5. The van der Waals surface area contributed by atoms with Gasteiger partial charge in [-0.15, -0.1) is 0 Å². The Labute approximate surface area is 180 Å². The number of nitrogens with zero attached hydrogens (tertiary/aromatic N) is 4. The fourth-order valence-electron chi connectivity index (χ4n) is 4.47. The third-order valence-corrected chi connectivity index (χ3v) is 6.49. The fourth-order valence-corrected chi connectivity index (χ4v) is 4.47. The molecule has 9 heteroatoms. The van der Waals surface area contributed by atoms with E-state index >= 15 is 0 Å². The van der Waals surface area contributed by atoms with E-state index in [-0.39, 0.29) is 11.5 Å². The standard InChI is InChI=1S/C22H29F3N6/c1-3-18-29-19-9-8-17(13-31(19)30-18)28-20(26-2)27-14-21(10-5-11-21)15-6-4-7-16(12-15)22(23,24)25/h4,6-7,12,17H,3,5,8-11,13-14H2,1-2H3,(H2,26,27,28). The van der Waals surface area contributed by atoms with Gasteiger partial charge in [-0.1, -0.05) is 31.5 Å². The monoisotopic (exact) mass is 434 g/mol. The summed E-state index contributed by atoms with van der Waals surface area (Å²) in [6.07, 6.45) is 1.02. The maximum atomic E-state index is 13.2. The molecule has 0 amide bonds. The van der Waals surface area contributed by atoms with Crippen LogP contribution in [0.5, 0.6) is 0 Å². The normalized spacial score (nSPS) is 20.7. The lowest BCUT2D eigenvalue weighted by atomic mass is 9.64. The van der Waals surface area contributed by atoms with Crippen LogP contribution in [0.4, 0.5) is 13.2 Å². The first-order chi connectivity index (χ1) is 14.8. The Kier molecular flexibility index (Phi) is 5.94. The first kappa shape index (κ1) is 21.6. The average molecular weight is 435 g/mol. The molecule has 6 nitrogen and oxygen atoms in total. The molecule has 1 aromatic carbocycles. The third kappa shape index (κ3) is 4.55. The Morgan fingerprint density at radius 3 is 2.77 bits per heavy atom. The molecule has 1 aromatic heterocycles. The zero-order valence-electron chi connectivity index (χ0n) is 18.0. The molecule has 0 bridgehead atoms. The smallest absolute Gasteiger partial charge is 0.356 e. The number of aryl methyl sites for hydroxylation is 2. The lowest BCUT2D eigenvalue weighted by Gasteiger charge is -2.43. The molecule has 0 radical (unpaired) electrons. The van der Waals surface area contributed by atoms with Gasteiger partial charge in [-0.05, 0) is 30.9 Å². The predicted molar refractivity (Wildman–Crippen MR) is 113 cm³/mol. The molecule has 1 aliphatic heterocycles. The van der Waals surface area contributed by atoms with Gasteiger partial charge in [0.05, 0.1) is 12.1 Å². The van der Waals surface area contributed by atoms with Crippen molar-refractivity contribution in [3.8, 4) is 0 Å². The van der Waals surface area contributed by atoms with Gasteiger partial charge in [0.1, 0.15) is 5.82 Å². The number of hydrogen-bond donors (Lipinski definition) is 2. The molecule has 2 aromatic rings. The fraction of sp³-hybridized carbons (Fsp3) is 0.591. The van der Waals surface area contributed by atoms with Crippen molar-refractivity contribution in [1.82, 2.24) is 25.4 Å². The van der Waals surface area contributed by atoms with Gasteiger partial charge < -0.3 is 10.6 Å². The molecule has 168 valence electrons. The predicted octanol–water partition coefficient (Wildman–Crippen LogP) is 3.46. The van der Waals surface area contributed by atoms with Crippen LogP contribution in [0.2, 0.25) is 0 Å². The lowest BCUT2D eigenvalue weighted by Crippen LogP contribution is -2.52. The number of aliphatic imine (C=N–C) groups is 1. The molecule has 2 N–H and O–H groups in total. The summed E-state index contributed by atoms with van der Waals surface area (Å²) in [6.45, 7) is 3.32. The molecular formula is C22H29F3N6. The molecule has 1 unspecified atom stereocenters. The maximum Gasteiger partial charge on any atom is 0.416 e. The third-order valence-electron chi connectivity index (χ3n) is 6.49. The van der Waals surface area contributed by atoms with E-state index in [2.05, 4.69) is 25.7 Å². The maximum absolute atomic E-state index is 13.2. The summed E-state index contributed by atoms with van der Waals surface area (Å²) in [5.74, 6) is 2.56. The highest BCUT2D eigenvalue weighted by Gasteiger charge is 2.40. The molecule has 1 saturated carbocycles. The molecular weight excluding hydrogens is 405 g/mol. The highest BCUT2D eigenvalue weighted by molar-refractivity contribution is 5.80. The van der Waals surface area contributed by atoms with Gasteiger partial charge in [-0.25, -0.2) is 9.67 Å². The molecule has 1 fully saturated rings. The summed E-state index contributed by atoms with van der Waals surface area (Å²) in [7, 11) is 1.71. The van der Waals surface area contributed by atoms with E-state index < -0.39 is 11.7 Å². The van der Waals surface area contributed by atoms with E-state index in [4.69, 9.17) is 0 Å². The van der Waals surface area contributed by atoms with Crippen molar-refractivity contribution < 1.29 is 13.2 Å². The van der Waals surface area contributed by atoms with E-state index in [1.807, 2.05) is 17.7 Å². The first-order valence-electron chi connectivity index (χ1n) is 10.9. The van der Waals surface area contributed by atoms with Crippen molar-refractivity contribution in [1.29, 1.82) is 0 Å². The molecule has 0 spiro atoms. The summed E-state index contributed by atoms with van der Waals surface area (Å²) >= 11 is 0.